The maximum Gasteiger partial charge on any atom is 0.224 e. The Bertz CT molecular complexity index is 657. The van der Waals surface area contributed by atoms with E-state index in [0.29, 0.717) is 5.56 Å². The molecule has 0 bridgehead atoms. The monoisotopic (exact) mass is 363 g/mol. The Kier molecular flexibility index (Phi) is 4.47. The van der Waals surface area contributed by atoms with Gasteiger partial charge in [-0.3, -0.25) is 9.48 Å². The SMILES string of the molecule is O=C(Cc1ccc(Br)cc1O)N[C@@H]1CCC[C@@H]1n1cccn1. The molecule has 1 aliphatic rings. The van der Waals surface area contributed by atoms with E-state index in [0.717, 1.165) is 23.7 Å². The van der Waals surface area contributed by atoms with Crippen LogP contribution in [0.3, 0.4) is 0 Å². The van der Waals surface area contributed by atoms with Gasteiger partial charge in [0.25, 0.3) is 0 Å². The fraction of sp³-hybridized carbons (Fsp3) is 0.375. The van der Waals surface area contributed by atoms with E-state index in [-0.39, 0.29) is 30.2 Å². The summed E-state index contributed by atoms with van der Waals surface area (Å²) in [5.74, 6) is 0.0706. The molecule has 1 amide bonds. The van der Waals surface area contributed by atoms with Crippen LogP contribution in [0.5, 0.6) is 5.75 Å². The highest BCUT2D eigenvalue weighted by Crippen LogP contribution is 2.29. The van der Waals surface area contributed by atoms with Crippen molar-refractivity contribution in [2.75, 3.05) is 0 Å². The minimum absolute atomic E-state index is 0.0679. The highest BCUT2D eigenvalue weighted by Gasteiger charge is 2.30. The molecule has 0 unspecified atom stereocenters. The van der Waals surface area contributed by atoms with Gasteiger partial charge in [-0.15, -0.1) is 0 Å². The Morgan fingerprint density at radius 2 is 2.32 bits per heavy atom. The van der Waals surface area contributed by atoms with Crippen molar-refractivity contribution in [3.8, 4) is 5.75 Å². The molecule has 1 aromatic carbocycles. The molecule has 1 aromatic heterocycles. The largest absolute Gasteiger partial charge is 0.508 e. The first-order valence-corrected chi connectivity index (χ1v) is 8.18. The first-order valence-electron chi connectivity index (χ1n) is 7.39. The van der Waals surface area contributed by atoms with E-state index in [1.54, 1.807) is 18.3 Å². The highest BCUT2D eigenvalue weighted by molar-refractivity contribution is 9.10. The van der Waals surface area contributed by atoms with Crippen LogP contribution in [0.15, 0.2) is 41.1 Å². The third kappa shape index (κ3) is 3.32. The van der Waals surface area contributed by atoms with Crippen molar-refractivity contribution in [1.29, 1.82) is 0 Å². The molecule has 0 saturated heterocycles. The number of nitrogens with zero attached hydrogens (tertiary/aromatic N) is 2. The molecule has 0 radical (unpaired) electrons. The summed E-state index contributed by atoms with van der Waals surface area (Å²) in [6, 6.07) is 7.41. The van der Waals surface area contributed by atoms with Crippen molar-refractivity contribution in [2.45, 2.75) is 37.8 Å². The van der Waals surface area contributed by atoms with Gasteiger partial charge in [0.05, 0.1) is 18.5 Å². The molecule has 6 heteroatoms. The summed E-state index contributed by atoms with van der Waals surface area (Å²) in [7, 11) is 0. The molecule has 1 fully saturated rings. The number of carbonyl (C=O) groups excluding carboxylic acids is 1. The molecule has 2 atom stereocenters. The number of carbonyl (C=O) groups is 1. The minimum atomic E-state index is -0.0679. The molecule has 0 aliphatic heterocycles. The topological polar surface area (TPSA) is 67.2 Å². The summed E-state index contributed by atoms with van der Waals surface area (Å²) >= 11 is 3.29. The number of hydrogen-bond donors (Lipinski definition) is 2. The van der Waals surface area contributed by atoms with Crippen LogP contribution in [-0.2, 0) is 11.2 Å². The van der Waals surface area contributed by atoms with Crippen molar-refractivity contribution in [2.24, 2.45) is 0 Å². The molecule has 2 N–H and O–H groups in total. The number of phenols is 1. The van der Waals surface area contributed by atoms with Crippen LogP contribution in [0.25, 0.3) is 0 Å². The Morgan fingerprint density at radius 3 is 3.05 bits per heavy atom. The van der Waals surface area contributed by atoms with Crippen LogP contribution in [0, 0.1) is 0 Å². The smallest absolute Gasteiger partial charge is 0.224 e. The van der Waals surface area contributed by atoms with Gasteiger partial charge in [-0.05, 0) is 37.5 Å². The van der Waals surface area contributed by atoms with Gasteiger partial charge < -0.3 is 10.4 Å². The van der Waals surface area contributed by atoms with Gasteiger partial charge in [0.1, 0.15) is 5.75 Å². The van der Waals surface area contributed by atoms with Crippen LogP contribution in [0.4, 0.5) is 0 Å². The molecule has 3 rings (SSSR count). The molecule has 1 heterocycles. The number of nitrogens with one attached hydrogen (secondary N) is 1. The van der Waals surface area contributed by atoms with Gasteiger partial charge in [0.15, 0.2) is 0 Å². The number of halogens is 1. The van der Waals surface area contributed by atoms with Crippen molar-refractivity contribution >= 4 is 21.8 Å². The zero-order valence-corrected chi connectivity index (χ0v) is 13.7. The molecule has 5 nitrogen and oxygen atoms in total. The average molecular weight is 364 g/mol. The van der Waals surface area contributed by atoms with Gasteiger partial charge in [-0.2, -0.15) is 5.10 Å². The first-order chi connectivity index (χ1) is 10.6. The summed E-state index contributed by atoms with van der Waals surface area (Å²) < 4.78 is 2.72. The summed E-state index contributed by atoms with van der Waals surface area (Å²) in [5, 5.41) is 17.2. The third-order valence-corrected chi connectivity index (χ3v) is 4.58. The molecular weight excluding hydrogens is 346 g/mol. The van der Waals surface area contributed by atoms with Gasteiger partial charge >= 0.3 is 0 Å². The molecule has 22 heavy (non-hydrogen) atoms. The van der Waals surface area contributed by atoms with Crippen molar-refractivity contribution in [3.63, 3.8) is 0 Å². The number of hydrogen-bond acceptors (Lipinski definition) is 3. The van der Waals surface area contributed by atoms with Crippen LogP contribution in [0.1, 0.15) is 30.9 Å². The lowest BCUT2D eigenvalue weighted by molar-refractivity contribution is -0.121. The standard InChI is InChI=1S/C16H18BrN3O2/c17-12-6-5-11(15(21)10-12)9-16(22)19-13-3-1-4-14(13)20-8-2-7-18-20/h2,5-8,10,13-14,21H,1,3-4,9H2,(H,19,22)/t13-,14+/m1/s1. The average Bonchev–Trinajstić information content (AvgIpc) is 3.12. The number of phenolic OH excluding ortho intramolecular Hbond substituents is 1. The van der Waals surface area contributed by atoms with Crippen LogP contribution < -0.4 is 5.32 Å². The predicted octanol–water partition coefficient (Wildman–Crippen LogP) is 2.80. The van der Waals surface area contributed by atoms with E-state index >= 15 is 0 Å². The van der Waals surface area contributed by atoms with E-state index in [1.165, 1.54) is 0 Å². The van der Waals surface area contributed by atoms with E-state index in [9.17, 15) is 9.90 Å². The number of aromatic hydroxyl groups is 1. The quantitative estimate of drug-likeness (QED) is 0.877. The lowest BCUT2D eigenvalue weighted by Gasteiger charge is -2.21. The zero-order valence-electron chi connectivity index (χ0n) is 12.1. The van der Waals surface area contributed by atoms with Gasteiger partial charge in [-0.25, -0.2) is 0 Å². The Hall–Kier alpha value is -1.82. The van der Waals surface area contributed by atoms with Crippen LogP contribution >= 0.6 is 15.9 Å². The fourth-order valence-corrected chi connectivity index (χ4v) is 3.37. The van der Waals surface area contributed by atoms with Crippen LogP contribution in [0.2, 0.25) is 0 Å². The molecule has 2 aromatic rings. The number of aromatic nitrogens is 2. The summed E-state index contributed by atoms with van der Waals surface area (Å²) in [5.41, 5.74) is 0.634. The molecule has 0 spiro atoms. The minimum Gasteiger partial charge on any atom is -0.508 e. The van der Waals surface area contributed by atoms with E-state index in [4.69, 9.17) is 0 Å². The number of rotatable bonds is 4. The summed E-state index contributed by atoms with van der Waals surface area (Å²) in [4.78, 5) is 12.3. The lowest BCUT2D eigenvalue weighted by atomic mass is 10.1. The number of amides is 1. The Balaban J connectivity index is 1.64. The van der Waals surface area contributed by atoms with Gasteiger partial charge in [0, 0.05) is 22.4 Å². The second-order valence-corrected chi connectivity index (χ2v) is 6.52. The normalized spacial score (nSPS) is 21.0. The Morgan fingerprint density at radius 1 is 1.45 bits per heavy atom. The lowest BCUT2D eigenvalue weighted by Crippen LogP contribution is -2.39. The van der Waals surface area contributed by atoms with Gasteiger partial charge in [0.2, 0.25) is 5.91 Å². The summed E-state index contributed by atoms with van der Waals surface area (Å²) in [6.07, 6.45) is 6.95. The predicted molar refractivity (Wildman–Crippen MR) is 86.6 cm³/mol. The van der Waals surface area contributed by atoms with E-state index in [2.05, 4.69) is 26.3 Å². The molecular formula is C16H18BrN3O2. The second kappa shape index (κ2) is 6.52. The van der Waals surface area contributed by atoms with E-state index in [1.807, 2.05) is 23.0 Å². The Labute approximate surface area is 137 Å². The maximum absolute atomic E-state index is 12.3. The maximum atomic E-state index is 12.3. The van der Waals surface area contributed by atoms with Crippen molar-refractivity contribution in [3.05, 3.63) is 46.7 Å². The van der Waals surface area contributed by atoms with Gasteiger partial charge in [-0.1, -0.05) is 22.0 Å². The highest BCUT2D eigenvalue weighted by atomic mass is 79.9. The van der Waals surface area contributed by atoms with Crippen LogP contribution in [-0.4, -0.2) is 26.8 Å². The molecule has 116 valence electrons. The third-order valence-electron chi connectivity index (χ3n) is 4.09. The zero-order chi connectivity index (χ0) is 15.5. The molecule has 1 aliphatic carbocycles. The second-order valence-electron chi connectivity index (χ2n) is 5.61. The fourth-order valence-electron chi connectivity index (χ4n) is 3.02. The number of benzene rings is 1. The first kappa shape index (κ1) is 15.1. The molecule has 1 saturated carbocycles. The van der Waals surface area contributed by atoms with E-state index < -0.39 is 0 Å². The summed E-state index contributed by atoms with van der Waals surface area (Å²) in [6.45, 7) is 0. The van der Waals surface area contributed by atoms with Crippen molar-refractivity contribution in [1.82, 2.24) is 15.1 Å². The van der Waals surface area contributed by atoms with Crippen molar-refractivity contribution < 1.29 is 9.90 Å².